The van der Waals surface area contributed by atoms with Crippen molar-refractivity contribution in [3.63, 3.8) is 0 Å². The van der Waals surface area contributed by atoms with Gasteiger partial charge in [-0.05, 0) is 43.9 Å². The molecule has 2 unspecified atom stereocenters. The minimum absolute atomic E-state index is 0.0406. The predicted molar refractivity (Wildman–Crippen MR) is 138 cm³/mol. The molecule has 34 heavy (non-hydrogen) atoms. The van der Waals surface area contributed by atoms with E-state index in [9.17, 15) is 9.59 Å². The molecule has 2 amide bonds. The molecule has 4 nitrogen and oxygen atoms in total. The van der Waals surface area contributed by atoms with E-state index >= 15 is 0 Å². The number of aryl methyl sites for hydroxylation is 2. The summed E-state index contributed by atoms with van der Waals surface area (Å²) in [5.74, 6) is -0.156. The third kappa shape index (κ3) is 7.31. The summed E-state index contributed by atoms with van der Waals surface area (Å²) in [4.78, 5) is 29.0. The molecular formula is C30H36N2O2. The molecule has 0 aliphatic rings. The van der Waals surface area contributed by atoms with E-state index < -0.39 is 6.04 Å². The molecule has 2 atom stereocenters. The molecule has 0 heterocycles. The van der Waals surface area contributed by atoms with Crippen LogP contribution in [0.5, 0.6) is 0 Å². The van der Waals surface area contributed by atoms with Crippen LogP contribution in [-0.4, -0.2) is 28.8 Å². The number of benzene rings is 3. The van der Waals surface area contributed by atoms with Crippen LogP contribution in [-0.2, 0) is 29.0 Å². The first-order chi connectivity index (χ1) is 16.4. The summed E-state index contributed by atoms with van der Waals surface area (Å²) in [7, 11) is 0. The lowest BCUT2D eigenvalue weighted by molar-refractivity contribution is -0.141. The molecule has 0 spiro atoms. The highest BCUT2D eigenvalue weighted by molar-refractivity contribution is 5.89. The topological polar surface area (TPSA) is 49.4 Å². The number of hydrogen-bond acceptors (Lipinski definition) is 2. The quantitative estimate of drug-likeness (QED) is 0.444. The fourth-order valence-corrected chi connectivity index (χ4v) is 4.22. The molecule has 3 rings (SSSR count). The zero-order valence-corrected chi connectivity index (χ0v) is 20.8. The number of hydrogen-bond donors (Lipinski definition) is 1. The molecular weight excluding hydrogens is 420 g/mol. The molecule has 0 saturated carbocycles. The SMILES string of the molecule is CCC(C)NC(=O)C(Cc1ccccc1)N(Cc1ccccc1)C(=O)Cc1cc(C)cc(C)c1. The van der Waals surface area contributed by atoms with E-state index in [4.69, 9.17) is 0 Å². The zero-order chi connectivity index (χ0) is 24.5. The number of amides is 2. The summed E-state index contributed by atoms with van der Waals surface area (Å²) in [6, 6.07) is 25.5. The molecule has 0 aromatic heterocycles. The molecule has 1 N–H and O–H groups in total. The van der Waals surface area contributed by atoms with Gasteiger partial charge >= 0.3 is 0 Å². The van der Waals surface area contributed by atoms with E-state index in [0.717, 1.165) is 34.2 Å². The van der Waals surface area contributed by atoms with Crippen molar-refractivity contribution >= 4 is 11.8 Å². The summed E-state index contributed by atoms with van der Waals surface area (Å²) < 4.78 is 0. The first-order valence-electron chi connectivity index (χ1n) is 12.1. The minimum atomic E-state index is -0.602. The maximum Gasteiger partial charge on any atom is 0.243 e. The lowest BCUT2D eigenvalue weighted by Crippen LogP contribution is -2.52. The average Bonchev–Trinajstić information content (AvgIpc) is 2.81. The van der Waals surface area contributed by atoms with Crippen molar-refractivity contribution in [2.24, 2.45) is 0 Å². The van der Waals surface area contributed by atoms with Gasteiger partial charge in [-0.15, -0.1) is 0 Å². The van der Waals surface area contributed by atoms with Gasteiger partial charge in [0.1, 0.15) is 6.04 Å². The molecule has 3 aromatic carbocycles. The van der Waals surface area contributed by atoms with E-state index in [1.54, 1.807) is 4.90 Å². The lowest BCUT2D eigenvalue weighted by Gasteiger charge is -2.32. The molecule has 0 aliphatic heterocycles. The second-order valence-electron chi connectivity index (χ2n) is 9.20. The largest absolute Gasteiger partial charge is 0.352 e. The summed E-state index contributed by atoms with van der Waals surface area (Å²) in [6.45, 7) is 8.51. The van der Waals surface area contributed by atoms with E-state index in [1.807, 2.05) is 88.4 Å². The molecule has 0 saturated heterocycles. The Morgan fingerprint density at radius 2 is 1.38 bits per heavy atom. The van der Waals surface area contributed by atoms with Gasteiger partial charge in [-0.2, -0.15) is 0 Å². The van der Waals surface area contributed by atoms with Gasteiger partial charge in [-0.3, -0.25) is 9.59 Å². The molecule has 178 valence electrons. The van der Waals surface area contributed by atoms with Gasteiger partial charge in [0.15, 0.2) is 0 Å². The van der Waals surface area contributed by atoms with Crippen molar-refractivity contribution in [1.82, 2.24) is 10.2 Å². The Kier molecular flexibility index (Phi) is 9.03. The Labute approximate surface area is 204 Å². The van der Waals surface area contributed by atoms with Gasteiger partial charge in [0.05, 0.1) is 6.42 Å². The molecule has 3 aromatic rings. The van der Waals surface area contributed by atoms with Crippen LogP contribution in [0, 0.1) is 13.8 Å². The van der Waals surface area contributed by atoms with E-state index in [1.165, 1.54) is 0 Å². The normalized spacial score (nSPS) is 12.6. The average molecular weight is 457 g/mol. The fraction of sp³-hybridized carbons (Fsp3) is 0.333. The Hall–Kier alpha value is -3.40. The van der Waals surface area contributed by atoms with Crippen LogP contribution >= 0.6 is 0 Å². The first-order valence-corrected chi connectivity index (χ1v) is 12.1. The molecule has 4 heteroatoms. The van der Waals surface area contributed by atoms with Crippen LogP contribution in [0.2, 0.25) is 0 Å². The molecule has 0 aliphatic carbocycles. The first kappa shape index (κ1) is 25.2. The van der Waals surface area contributed by atoms with Gasteiger partial charge in [-0.1, -0.05) is 96.9 Å². The van der Waals surface area contributed by atoms with Crippen molar-refractivity contribution in [3.8, 4) is 0 Å². The Balaban J connectivity index is 1.97. The molecule has 0 bridgehead atoms. The van der Waals surface area contributed by atoms with E-state index in [0.29, 0.717) is 13.0 Å². The third-order valence-electron chi connectivity index (χ3n) is 6.10. The van der Waals surface area contributed by atoms with Crippen molar-refractivity contribution in [2.45, 2.75) is 65.6 Å². The lowest BCUT2D eigenvalue weighted by atomic mass is 10.00. The predicted octanol–water partition coefficient (Wildman–Crippen LogP) is 5.40. The monoisotopic (exact) mass is 456 g/mol. The highest BCUT2D eigenvalue weighted by Gasteiger charge is 2.31. The van der Waals surface area contributed by atoms with E-state index in [2.05, 4.69) is 23.5 Å². The Bertz CT molecular complexity index is 1060. The Morgan fingerprint density at radius 1 is 0.824 bits per heavy atom. The minimum Gasteiger partial charge on any atom is -0.352 e. The van der Waals surface area contributed by atoms with Gasteiger partial charge in [-0.25, -0.2) is 0 Å². The second-order valence-corrected chi connectivity index (χ2v) is 9.20. The standard InChI is InChI=1S/C30H36N2O2/c1-5-24(4)31-30(34)28(19-25-12-8-6-9-13-25)32(21-26-14-10-7-11-15-26)29(33)20-27-17-22(2)16-23(3)18-27/h6-18,24,28H,5,19-21H2,1-4H3,(H,31,34). The van der Waals surface area contributed by atoms with Crippen molar-refractivity contribution in [3.05, 3.63) is 107 Å². The highest BCUT2D eigenvalue weighted by atomic mass is 16.2. The highest BCUT2D eigenvalue weighted by Crippen LogP contribution is 2.18. The Morgan fingerprint density at radius 3 is 1.94 bits per heavy atom. The number of nitrogens with one attached hydrogen (secondary N) is 1. The van der Waals surface area contributed by atoms with E-state index in [-0.39, 0.29) is 24.3 Å². The maximum atomic E-state index is 13.8. The summed E-state index contributed by atoms with van der Waals surface area (Å²) in [5.41, 5.74) is 5.27. The summed E-state index contributed by atoms with van der Waals surface area (Å²) in [5, 5.41) is 3.12. The van der Waals surface area contributed by atoms with Crippen LogP contribution in [0.4, 0.5) is 0 Å². The third-order valence-corrected chi connectivity index (χ3v) is 6.10. The molecule has 0 radical (unpaired) electrons. The number of nitrogens with zero attached hydrogens (tertiary/aromatic N) is 1. The number of rotatable bonds is 10. The summed E-state index contributed by atoms with van der Waals surface area (Å²) in [6.07, 6.45) is 1.56. The van der Waals surface area contributed by atoms with Gasteiger partial charge in [0, 0.05) is 19.0 Å². The van der Waals surface area contributed by atoms with Crippen LogP contribution in [0.15, 0.2) is 78.9 Å². The van der Waals surface area contributed by atoms with Gasteiger partial charge < -0.3 is 10.2 Å². The second kappa shape index (κ2) is 12.2. The number of carbonyl (C=O) groups is 2. The van der Waals surface area contributed by atoms with Gasteiger partial charge in [0.2, 0.25) is 11.8 Å². The zero-order valence-electron chi connectivity index (χ0n) is 20.8. The van der Waals surface area contributed by atoms with Crippen LogP contribution in [0.3, 0.4) is 0 Å². The van der Waals surface area contributed by atoms with Crippen LogP contribution in [0.1, 0.15) is 48.1 Å². The van der Waals surface area contributed by atoms with Crippen molar-refractivity contribution < 1.29 is 9.59 Å². The van der Waals surface area contributed by atoms with Crippen LogP contribution in [0.25, 0.3) is 0 Å². The van der Waals surface area contributed by atoms with Gasteiger partial charge in [0.25, 0.3) is 0 Å². The smallest absolute Gasteiger partial charge is 0.243 e. The van der Waals surface area contributed by atoms with Crippen LogP contribution < -0.4 is 5.32 Å². The summed E-state index contributed by atoms with van der Waals surface area (Å²) >= 11 is 0. The molecule has 0 fully saturated rings. The van der Waals surface area contributed by atoms with Crippen molar-refractivity contribution in [1.29, 1.82) is 0 Å². The number of carbonyl (C=O) groups excluding carboxylic acids is 2. The van der Waals surface area contributed by atoms with Crippen molar-refractivity contribution in [2.75, 3.05) is 0 Å². The maximum absolute atomic E-state index is 13.8. The fourth-order valence-electron chi connectivity index (χ4n) is 4.22.